The number of Topliss-reactive ketones (excluding diaryl/α,β-unsaturated/α-hetero) is 1. The first-order chi connectivity index (χ1) is 14.2. The number of halogens is 2. The Morgan fingerprint density at radius 1 is 1.03 bits per heavy atom. The van der Waals surface area contributed by atoms with Crippen molar-refractivity contribution in [2.24, 2.45) is 11.3 Å². The first-order valence-electron chi connectivity index (χ1n) is 10.0. The Hall–Kier alpha value is -2.36. The molecule has 0 N–H and O–H groups in total. The number of benzene rings is 2. The summed E-state index contributed by atoms with van der Waals surface area (Å²) in [6, 6.07) is 15.0. The first-order valence-corrected chi connectivity index (χ1v) is 10.8. The number of carbonyl (C=O) groups excluding carboxylic acids is 2. The van der Waals surface area contributed by atoms with Gasteiger partial charge in [0.15, 0.2) is 5.78 Å². The Morgan fingerprint density at radius 3 is 2.50 bits per heavy atom. The molecule has 3 nitrogen and oxygen atoms in total. The average molecular weight is 440 g/mol. The van der Waals surface area contributed by atoms with Gasteiger partial charge in [-0.05, 0) is 35.6 Å². The van der Waals surface area contributed by atoms with Crippen molar-refractivity contribution >= 4 is 46.7 Å². The van der Waals surface area contributed by atoms with E-state index in [0.29, 0.717) is 28.6 Å². The Balaban J connectivity index is 1.83. The second-order valence-electron chi connectivity index (χ2n) is 8.71. The molecule has 4 rings (SSSR count). The quantitative estimate of drug-likeness (QED) is 0.533. The highest BCUT2D eigenvalue weighted by atomic mass is 35.5. The van der Waals surface area contributed by atoms with Crippen LogP contribution >= 0.6 is 23.2 Å². The number of carbonyl (C=O) groups is 2. The molecule has 0 spiro atoms. The lowest BCUT2D eigenvalue weighted by Crippen LogP contribution is -2.44. The molecule has 2 aromatic rings. The van der Waals surface area contributed by atoms with Gasteiger partial charge in [0.05, 0.1) is 10.7 Å². The molecule has 154 valence electrons. The molecular formula is C25H23Cl2NO2. The van der Waals surface area contributed by atoms with Gasteiger partial charge >= 0.3 is 0 Å². The third-order valence-electron chi connectivity index (χ3n) is 5.65. The summed E-state index contributed by atoms with van der Waals surface area (Å²) in [5.74, 6) is -0.226. The van der Waals surface area contributed by atoms with Gasteiger partial charge in [-0.15, -0.1) is 0 Å². The van der Waals surface area contributed by atoms with Gasteiger partial charge in [-0.1, -0.05) is 79.5 Å². The van der Waals surface area contributed by atoms with Crippen LogP contribution in [0.3, 0.4) is 0 Å². The number of amides is 1. The second kappa shape index (κ2) is 8.05. The fraction of sp³-hybridized carbons (Fsp3) is 0.280. The predicted molar refractivity (Wildman–Crippen MR) is 123 cm³/mol. The summed E-state index contributed by atoms with van der Waals surface area (Å²) in [7, 11) is 0. The lowest BCUT2D eigenvalue weighted by atomic mass is 9.70. The number of ketones is 1. The third kappa shape index (κ3) is 4.10. The zero-order chi connectivity index (χ0) is 21.5. The molecule has 0 saturated carbocycles. The fourth-order valence-electron chi connectivity index (χ4n) is 4.35. The zero-order valence-electron chi connectivity index (χ0n) is 17.0. The molecule has 30 heavy (non-hydrogen) atoms. The molecule has 0 saturated heterocycles. The molecule has 5 heteroatoms. The summed E-state index contributed by atoms with van der Waals surface area (Å²) in [6.45, 7) is 4.11. The van der Waals surface area contributed by atoms with Crippen LogP contribution in [0.4, 0.5) is 5.69 Å². The minimum Gasteiger partial charge on any atom is -0.294 e. The average Bonchev–Trinajstić information content (AvgIpc) is 2.68. The van der Waals surface area contributed by atoms with E-state index >= 15 is 0 Å². The Kier molecular flexibility index (Phi) is 5.61. The van der Waals surface area contributed by atoms with E-state index in [2.05, 4.69) is 13.8 Å². The van der Waals surface area contributed by atoms with Crippen molar-refractivity contribution < 1.29 is 9.59 Å². The largest absolute Gasteiger partial charge is 0.294 e. The van der Waals surface area contributed by atoms with E-state index in [4.69, 9.17) is 23.2 Å². The Morgan fingerprint density at radius 2 is 1.77 bits per heavy atom. The Bertz CT molecular complexity index is 1070. The lowest BCUT2D eigenvalue weighted by molar-refractivity contribution is -0.121. The molecule has 1 unspecified atom stereocenters. The minimum atomic E-state index is -0.245. The number of allylic oxidation sites excluding steroid dienone is 3. The summed E-state index contributed by atoms with van der Waals surface area (Å²) >= 11 is 12.6. The molecule has 1 aliphatic carbocycles. The topological polar surface area (TPSA) is 37.4 Å². The number of hydrogen-bond acceptors (Lipinski definition) is 2. The highest BCUT2D eigenvalue weighted by molar-refractivity contribution is 6.36. The standard InChI is InChI=1S/C25H23Cl2NO2/c1-25(2)14-21-24(22(29)15-25)17(9-8-16-6-4-3-5-7-16)12-23(30)28(21)20-13-18(26)10-11-19(20)27/h3-11,13,17H,12,14-15H2,1-2H3/b9-8+. The van der Waals surface area contributed by atoms with E-state index in [1.807, 2.05) is 42.5 Å². The molecule has 2 aliphatic rings. The van der Waals surface area contributed by atoms with Crippen LogP contribution < -0.4 is 4.90 Å². The van der Waals surface area contributed by atoms with Crippen molar-refractivity contribution in [2.75, 3.05) is 4.90 Å². The Labute approximate surface area is 187 Å². The van der Waals surface area contributed by atoms with Crippen molar-refractivity contribution in [1.29, 1.82) is 0 Å². The molecular weight excluding hydrogens is 417 g/mol. The van der Waals surface area contributed by atoms with Crippen LogP contribution in [0.25, 0.3) is 6.08 Å². The predicted octanol–water partition coefficient (Wildman–Crippen LogP) is 6.70. The summed E-state index contributed by atoms with van der Waals surface area (Å²) in [4.78, 5) is 28.1. The maximum absolute atomic E-state index is 13.3. The van der Waals surface area contributed by atoms with Crippen LogP contribution in [0.5, 0.6) is 0 Å². The van der Waals surface area contributed by atoms with Crippen molar-refractivity contribution in [3.8, 4) is 0 Å². The van der Waals surface area contributed by atoms with E-state index in [1.165, 1.54) is 0 Å². The number of nitrogens with zero attached hydrogens (tertiary/aromatic N) is 1. The van der Waals surface area contributed by atoms with Crippen molar-refractivity contribution in [3.63, 3.8) is 0 Å². The van der Waals surface area contributed by atoms with Gasteiger partial charge < -0.3 is 0 Å². The summed E-state index contributed by atoms with van der Waals surface area (Å²) in [5.41, 5.74) is 2.81. The van der Waals surface area contributed by atoms with E-state index in [-0.39, 0.29) is 29.4 Å². The van der Waals surface area contributed by atoms with Crippen molar-refractivity contribution in [3.05, 3.63) is 81.5 Å². The molecule has 0 fully saturated rings. The molecule has 1 aliphatic heterocycles. The monoisotopic (exact) mass is 439 g/mol. The molecule has 2 aromatic carbocycles. The van der Waals surface area contributed by atoms with Crippen LogP contribution in [-0.4, -0.2) is 11.7 Å². The highest BCUT2D eigenvalue weighted by Crippen LogP contribution is 2.47. The molecule has 0 radical (unpaired) electrons. The van der Waals surface area contributed by atoms with E-state index in [0.717, 1.165) is 16.8 Å². The molecule has 1 heterocycles. The van der Waals surface area contributed by atoms with Crippen LogP contribution in [0.2, 0.25) is 10.0 Å². The van der Waals surface area contributed by atoms with Crippen molar-refractivity contribution in [2.45, 2.75) is 33.1 Å². The fourth-order valence-corrected chi connectivity index (χ4v) is 4.72. The number of rotatable bonds is 3. The van der Waals surface area contributed by atoms with Crippen LogP contribution in [0.1, 0.15) is 38.7 Å². The summed E-state index contributed by atoms with van der Waals surface area (Å²) in [6.07, 6.45) is 5.27. The van der Waals surface area contributed by atoms with Crippen LogP contribution in [0, 0.1) is 11.3 Å². The molecule has 1 atom stereocenters. The van der Waals surface area contributed by atoms with Gasteiger partial charge in [-0.25, -0.2) is 0 Å². The van der Waals surface area contributed by atoms with Gasteiger partial charge in [0.2, 0.25) is 5.91 Å². The third-order valence-corrected chi connectivity index (χ3v) is 6.21. The van der Waals surface area contributed by atoms with Gasteiger partial charge in [0, 0.05) is 35.1 Å². The summed E-state index contributed by atoms with van der Waals surface area (Å²) in [5, 5.41) is 0.936. The lowest BCUT2D eigenvalue weighted by Gasteiger charge is -2.42. The highest BCUT2D eigenvalue weighted by Gasteiger charge is 2.43. The summed E-state index contributed by atoms with van der Waals surface area (Å²) < 4.78 is 0. The van der Waals surface area contributed by atoms with Crippen molar-refractivity contribution in [1.82, 2.24) is 0 Å². The second-order valence-corrected chi connectivity index (χ2v) is 9.55. The van der Waals surface area contributed by atoms with Gasteiger partial charge in [-0.3, -0.25) is 14.5 Å². The van der Waals surface area contributed by atoms with Gasteiger partial charge in [0.1, 0.15) is 0 Å². The molecule has 0 bridgehead atoms. The molecule has 0 aromatic heterocycles. The molecule has 1 amide bonds. The maximum atomic E-state index is 13.3. The number of anilines is 1. The van der Waals surface area contributed by atoms with E-state index < -0.39 is 0 Å². The van der Waals surface area contributed by atoms with E-state index in [1.54, 1.807) is 23.1 Å². The first kappa shape index (κ1) is 20.9. The maximum Gasteiger partial charge on any atom is 0.232 e. The SMILES string of the molecule is CC1(C)CC(=O)C2=C(C1)N(c1cc(Cl)ccc1Cl)C(=O)CC2/C=C/c1ccccc1. The van der Waals surface area contributed by atoms with Crippen LogP contribution in [-0.2, 0) is 9.59 Å². The van der Waals surface area contributed by atoms with Gasteiger partial charge in [-0.2, -0.15) is 0 Å². The smallest absolute Gasteiger partial charge is 0.232 e. The minimum absolute atomic E-state index is 0.0777. The normalized spacial score (nSPS) is 21.3. The van der Waals surface area contributed by atoms with Crippen LogP contribution in [0.15, 0.2) is 65.9 Å². The number of hydrogen-bond donors (Lipinski definition) is 0. The van der Waals surface area contributed by atoms with E-state index in [9.17, 15) is 9.59 Å². The van der Waals surface area contributed by atoms with Gasteiger partial charge in [0.25, 0.3) is 0 Å². The zero-order valence-corrected chi connectivity index (χ0v) is 18.5.